The molecule has 2 aromatic carbocycles. The maximum Gasteiger partial charge on any atom is 0.194 e. The zero-order valence-electron chi connectivity index (χ0n) is 16.8. The smallest absolute Gasteiger partial charge is 0.194 e. The van der Waals surface area contributed by atoms with Crippen LogP contribution in [-0.4, -0.2) is 49.3 Å². The number of aliphatic hydroxyl groups excluding tert-OH is 1. The number of benzene rings is 2. The van der Waals surface area contributed by atoms with E-state index in [1.165, 1.54) is 5.56 Å². The summed E-state index contributed by atoms with van der Waals surface area (Å²) < 4.78 is 5.24. The minimum Gasteiger partial charge on any atom is -0.497 e. The molecule has 2 N–H and O–H groups in total. The molecule has 5 nitrogen and oxygen atoms in total. The lowest BCUT2D eigenvalue weighted by Crippen LogP contribution is -2.40. The third kappa shape index (κ3) is 5.49. The third-order valence-electron chi connectivity index (χ3n) is 5.18. The van der Waals surface area contributed by atoms with Gasteiger partial charge < -0.3 is 20.1 Å². The highest BCUT2D eigenvalue weighted by atomic mass is 16.5. The lowest BCUT2D eigenvalue weighted by molar-refractivity contribution is 0.186. The van der Waals surface area contributed by atoms with Crippen LogP contribution in [0.1, 0.15) is 30.6 Å². The van der Waals surface area contributed by atoms with E-state index >= 15 is 0 Å². The Morgan fingerprint density at radius 3 is 2.82 bits per heavy atom. The molecule has 150 valence electrons. The Morgan fingerprint density at radius 1 is 1.25 bits per heavy atom. The second kappa shape index (κ2) is 10.1. The number of ether oxygens (including phenoxy) is 1. The summed E-state index contributed by atoms with van der Waals surface area (Å²) in [6, 6.07) is 18.2. The number of nitrogens with one attached hydrogen (secondary N) is 1. The highest BCUT2D eigenvalue weighted by Crippen LogP contribution is 2.22. The van der Waals surface area contributed by atoms with Gasteiger partial charge >= 0.3 is 0 Å². The van der Waals surface area contributed by atoms with Gasteiger partial charge in [0.1, 0.15) is 5.75 Å². The predicted molar refractivity (Wildman–Crippen MR) is 114 cm³/mol. The van der Waals surface area contributed by atoms with Gasteiger partial charge in [-0.05, 0) is 48.9 Å². The van der Waals surface area contributed by atoms with Crippen molar-refractivity contribution in [3.8, 4) is 5.75 Å². The number of aliphatic imine (C=N–C) groups is 1. The minimum absolute atomic E-state index is 0.329. The normalized spacial score (nSPS) is 18.2. The van der Waals surface area contributed by atoms with Crippen molar-refractivity contribution in [1.82, 2.24) is 10.2 Å². The molecule has 3 rings (SSSR count). The summed E-state index contributed by atoms with van der Waals surface area (Å²) >= 11 is 0. The maximum atomic E-state index is 10.5. The van der Waals surface area contributed by atoms with Crippen molar-refractivity contribution in [2.75, 3.05) is 33.3 Å². The number of aliphatic hydroxyl groups is 1. The van der Waals surface area contributed by atoms with Crippen molar-refractivity contribution in [1.29, 1.82) is 0 Å². The van der Waals surface area contributed by atoms with Crippen LogP contribution in [0.3, 0.4) is 0 Å². The summed E-state index contributed by atoms with van der Waals surface area (Å²) in [5.74, 6) is 2.27. The summed E-state index contributed by atoms with van der Waals surface area (Å²) in [6.07, 6.45) is 1.62. The van der Waals surface area contributed by atoms with Gasteiger partial charge in [-0.25, -0.2) is 0 Å². The Balaban J connectivity index is 1.60. The minimum atomic E-state index is -0.647. The van der Waals surface area contributed by atoms with Crippen LogP contribution in [0.4, 0.5) is 0 Å². The molecule has 1 saturated heterocycles. The van der Waals surface area contributed by atoms with Gasteiger partial charge in [-0.2, -0.15) is 0 Å². The van der Waals surface area contributed by atoms with Crippen molar-refractivity contribution < 1.29 is 9.84 Å². The number of hydrogen-bond donors (Lipinski definition) is 2. The molecule has 0 aromatic heterocycles. The zero-order chi connectivity index (χ0) is 19.8. The summed E-state index contributed by atoms with van der Waals surface area (Å²) in [5.41, 5.74) is 2.21. The van der Waals surface area contributed by atoms with Crippen molar-refractivity contribution in [2.45, 2.75) is 25.9 Å². The van der Waals surface area contributed by atoms with E-state index < -0.39 is 6.10 Å². The monoisotopic (exact) mass is 381 g/mol. The summed E-state index contributed by atoms with van der Waals surface area (Å²) in [4.78, 5) is 7.02. The first-order valence-electron chi connectivity index (χ1n) is 10.1. The largest absolute Gasteiger partial charge is 0.497 e. The third-order valence-corrected chi connectivity index (χ3v) is 5.18. The van der Waals surface area contributed by atoms with E-state index in [0.29, 0.717) is 12.5 Å². The number of methoxy groups -OCH3 is 1. The van der Waals surface area contributed by atoms with Gasteiger partial charge in [0, 0.05) is 19.6 Å². The predicted octanol–water partition coefficient (Wildman–Crippen LogP) is 3.26. The van der Waals surface area contributed by atoms with Crippen LogP contribution in [0.5, 0.6) is 5.75 Å². The van der Waals surface area contributed by atoms with Crippen LogP contribution in [0.25, 0.3) is 0 Å². The van der Waals surface area contributed by atoms with Crippen LogP contribution in [-0.2, 0) is 6.42 Å². The molecule has 0 spiro atoms. The molecule has 2 aromatic rings. The molecule has 0 saturated carbocycles. The quantitative estimate of drug-likeness (QED) is 0.571. The van der Waals surface area contributed by atoms with Gasteiger partial charge in [-0.15, -0.1) is 0 Å². The summed E-state index contributed by atoms with van der Waals surface area (Å²) in [5, 5.41) is 13.9. The molecular weight excluding hydrogens is 350 g/mol. The van der Waals surface area contributed by atoms with E-state index in [1.807, 2.05) is 24.3 Å². The van der Waals surface area contributed by atoms with E-state index in [-0.39, 0.29) is 0 Å². The Hall–Kier alpha value is -2.53. The lowest BCUT2D eigenvalue weighted by Gasteiger charge is -2.22. The summed E-state index contributed by atoms with van der Waals surface area (Å²) in [6.45, 7) is 5.21. The number of guanidine groups is 1. The fraction of sp³-hybridized carbons (Fsp3) is 0.435. The molecule has 1 fully saturated rings. The molecule has 1 heterocycles. The fourth-order valence-electron chi connectivity index (χ4n) is 3.69. The molecule has 1 aliphatic heterocycles. The molecule has 0 aliphatic carbocycles. The molecule has 0 bridgehead atoms. The molecule has 5 heteroatoms. The molecule has 1 aliphatic rings. The summed E-state index contributed by atoms with van der Waals surface area (Å²) in [7, 11) is 1.63. The van der Waals surface area contributed by atoms with Crippen LogP contribution in [0.15, 0.2) is 59.6 Å². The first-order chi connectivity index (χ1) is 13.7. The van der Waals surface area contributed by atoms with Gasteiger partial charge in [-0.1, -0.05) is 42.5 Å². The van der Waals surface area contributed by atoms with E-state index in [9.17, 15) is 5.11 Å². The van der Waals surface area contributed by atoms with Gasteiger partial charge in [0.15, 0.2) is 5.96 Å². The van der Waals surface area contributed by atoms with Gasteiger partial charge in [0.05, 0.1) is 19.8 Å². The van der Waals surface area contributed by atoms with Crippen LogP contribution >= 0.6 is 0 Å². The van der Waals surface area contributed by atoms with Crippen LogP contribution in [0.2, 0.25) is 0 Å². The van der Waals surface area contributed by atoms with E-state index in [1.54, 1.807) is 7.11 Å². The maximum absolute atomic E-state index is 10.5. The Labute approximate surface area is 168 Å². The lowest BCUT2D eigenvalue weighted by atomic mass is 9.99. The van der Waals surface area contributed by atoms with Crippen LogP contribution in [0, 0.1) is 5.92 Å². The van der Waals surface area contributed by atoms with Crippen molar-refractivity contribution in [3.05, 3.63) is 65.7 Å². The molecular formula is C23H31N3O2. The second-order valence-electron chi connectivity index (χ2n) is 7.28. The number of rotatable bonds is 7. The highest BCUT2D eigenvalue weighted by Gasteiger charge is 2.25. The molecule has 28 heavy (non-hydrogen) atoms. The van der Waals surface area contributed by atoms with E-state index in [0.717, 1.165) is 49.7 Å². The second-order valence-corrected chi connectivity index (χ2v) is 7.28. The molecule has 0 radical (unpaired) electrons. The number of nitrogens with zero attached hydrogens (tertiary/aromatic N) is 2. The van der Waals surface area contributed by atoms with E-state index in [4.69, 9.17) is 9.73 Å². The van der Waals surface area contributed by atoms with Crippen LogP contribution < -0.4 is 10.1 Å². The topological polar surface area (TPSA) is 57.1 Å². The first-order valence-corrected chi connectivity index (χ1v) is 10.1. The van der Waals surface area contributed by atoms with Crippen molar-refractivity contribution >= 4 is 5.96 Å². The Bertz CT molecular complexity index is 763. The molecule has 2 unspecified atom stereocenters. The van der Waals surface area contributed by atoms with Crippen molar-refractivity contribution in [3.63, 3.8) is 0 Å². The van der Waals surface area contributed by atoms with Gasteiger partial charge in [0.2, 0.25) is 0 Å². The SMILES string of the molecule is CCNC(=NCC(O)c1cccc(OC)c1)N1CCC(Cc2ccccc2)C1. The molecule has 2 atom stereocenters. The standard InChI is InChI=1S/C23H31N3O2/c1-3-24-23(25-16-22(27)20-10-7-11-21(15-20)28-2)26-13-12-19(17-26)14-18-8-5-4-6-9-18/h4-11,15,19,22,27H,3,12-14,16-17H2,1-2H3,(H,24,25). The zero-order valence-corrected chi connectivity index (χ0v) is 16.8. The Morgan fingerprint density at radius 2 is 2.07 bits per heavy atom. The number of hydrogen-bond acceptors (Lipinski definition) is 3. The average Bonchev–Trinajstić information content (AvgIpc) is 3.20. The number of likely N-dealkylation sites (tertiary alicyclic amines) is 1. The fourth-order valence-corrected chi connectivity index (χ4v) is 3.69. The van der Waals surface area contributed by atoms with Gasteiger partial charge in [-0.3, -0.25) is 4.99 Å². The average molecular weight is 382 g/mol. The van der Waals surface area contributed by atoms with Gasteiger partial charge in [0.25, 0.3) is 0 Å². The van der Waals surface area contributed by atoms with Crippen molar-refractivity contribution in [2.24, 2.45) is 10.9 Å². The molecule has 0 amide bonds. The van der Waals surface area contributed by atoms with E-state index in [2.05, 4.69) is 47.5 Å². The highest BCUT2D eigenvalue weighted by molar-refractivity contribution is 5.80. The first kappa shape index (κ1) is 20.2. The Kier molecular flexibility index (Phi) is 7.31.